The lowest BCUT2D eigenvalue weighted by Crippen LogP contribution is -2.40. The van der Waals surface area contributed by atoms with E-state index in [0.717, 1.165) is 32.7 Å². The maximum atomic E-state index is 5.04. The molecule has 1 aliphatic heterocycles. The number of imidazole rings is 1. The third kappa shape index (κ3) is 2.83. The zero-order valence-corrected chi connectivity index (χ0v) is 9.98. The van der Waals surface area contributed by atoms with Crippen LogP contribution in [-0.2, 0) is 11.3 Å². The van der Waals surface area contributed by atoms with Gasteiger partial charge in [0.25, 0.3) is 0 Å². The summed E-state index contributed by atoms with van der Waals surface area (Å²) in [6, 6.07) is 0. The van der Waals surface area contributed by atoms with E-state index < -0.39 is 0 Å². The zero-order chi connectivity index (χ0) is 11.2. The fourth-order valence-corrected chi connectivity index (χ4v) is 2.06. The fourth-order valence-electron chi connectivity index (χ4n) is 2.06. The standard InChI is InChI=1S/C12H21N3O/c1-16-6-4-2-3-5-15-10-14-9-12(15)11-7-13-8-11/h9-11,13H,2-8H2,1H3. The van der Waals surface area contributed by atoms with Gasteiger partial charge in [0.15, 0.2) is 0 Å². The van der Waals surface area contributed by atoms with Gasteiger partial charge >= 0.3 is 0 Å². The minimum absolute atomic E-state index is 0.682. The lowest BCUT2D eigenvalue weighted by Gasteiger charge is -2.27. The van der Waals surface area contributed by atoms with Gasteiger partial charge in [0.05, 0.1) is 6.33 Å². The molecule has 90 valence electrons. The Bertz CT molecular complexity index is 307. The molecule has 0 amide bonds. The molecule has 0 unspecified atom stereocenters. The van der Waals surface area contributed by atoms with Gasteiger partial charge in [-0.25, -0.2) is 4.98 Å². The van der Waals surface area contributed by atoms with E-state index in [-0.39, 0.29) is 0 Å². The molecular weight excluding hydrogens is 202 g/mol. The van der Waals surface area contributed by atoms with Crippen molar-refractivity contribution in [3.8, 4) is 0 Å². The molecule has 2 rings (SSSR count). The zero-order valence-electron chi connectivity index (χ0n) is 9.98. The van der Waals surface area contributed by atoms with Crippen molar-refractivity contribution in [2.75, 3.05) is 26.8 Å². The Hall–Kier alpha value is -0.870. The number of ether oxygens (including phenoxy) is 1. The summed E-state index contributed by atoms with van der Waals surface area (Å²) >= 11 is 0. The summed E-state index contributed by atoms with van der Waals surface area (Å²) in [5.41, 5.74) is 1.39. The number of rotatable bonds is 7. The van der Waals surface area contributed by atoms with Gasteiger partial charge in [-0.1, -0.05) is 0 Å². The summed E-state index contributed by atoms with van der Waals surface area (Å²) in [5.74, 6) is 0.682. The Kier molecular flexibility index (Phi) is 4.36. The minimum Gasteiger partial charge on any atom is -0.385 e. The molecule has 1 aromatic rings. The molecule has 4 heteroatoms. The van der Waals surface area contributed by atoms with Crippen LogP contribution in [0, 0.1) is 0 Å². The molecule has 0 atom stereocenters. The smallest absolute Gasteiger partial charge is 0.0948 e. The molecule has 0 aliphatic carbocycles. The number of methoxy groups -OCH3 is 1. The summed E-state index contributed by atoms with van der Waals surface area (Å²) < 4.78 is 7.34. The maximum Gasteiger partial charge on any atom is 0.0948 e. The van der Waals surface area contributed by atoms with Crippen LogP contribution in [0.25, 0.3) is 0 Å². The second-order valence-electron chi connectivity index (χ2n) is 4.42. The predicted octanol–water partition coefficient (Wildman–Crippen LogP) is 1.39. The van der Waals surface area contributed by atoms with Crippen molar-refractivity contribution in [3.05, 3.63) is 18.2 Å². The van der Waals surface area contributed by atoms with Crippen molar-refractivity contribution in [3.63, 3.8) is 0 Å². The van der Waals surface area contributed by atoms with E-state index in [0.29, 0.717) is 5.92 Å². The van der Waals surface area contributed by atoms with E-state index >= 15 is 0 Å². The molecule has 4 nitrogen and oxygen atoms in total. The summed E-state index contributed by atoms with van der Waals surface area (Å²) in [4.78, 5) is 4.25. The summed E-state index contributed by atoms with van der Waals surface area (Å²) in [7, 11) is 1.76. The topological polar surface area (TPSA) is 39.1 Å². The van der Waals surface area contributed by atoms with Crippen molar-refractivity contribution in [1.29, 1.82) is 0 Å². The highest BCUT2D eigenvalue weighted by atomic mass is 16.5. The van der Waals surface area contributed by atoms with Crippen LogP contribution in [0.2, 0.25) is 0 Å². The van der Waals surface area contributed by atoms with Crippen LogP contribution in [0.1, 0.15) is 30.9 Å². The Morgan fingerprint density at radius 2 is 2.31 bits per heavy atom. The first-order valence-corrected chi connectivity index (χ1v) is 6.11. The summed E-state index contributed by atoms with van der Waals surface area (Å²) in [6.45, 7) is 4.18. The van der Waals surface area contributed by atoms with Gasteiger partial charge in [-0.05, 0) is 19.3 Å². The van der Waals surface area contributed by atoms with Crippen LogP contribution >= 0.6 is 0 Å². The van der Waals surface area contributed by atoms with Gasteiger partial charge in [-0.2, -0.15) is 0 Å². The molecular formula is C12H21N3O. The van der Waals surface area contributed by atoms with Crippen molar-refractivity contribution in [2.24, 2.45) is 0 Å². The second-order valence-corrected chi connectivity index (χ2v) is 4.42. The van der Waals surface area contributed by atoms with Gasteiger partial charge in [-0.3, -0.25) is 0 Å². The number of nitrogens with one attached hydrogen (secondary N) is 1. The molecule has 0 saturated carbocycles. The SMILES string of the molecule is COCCCCCn1cncc1C1CNC1. The highest BCUT2D eigenvalue weighted by Gasteiger charge is 2.21. The molecule has 2 heterocycles. The first kappa shape index (κ1) is 11.6. The van der Waals surface area contributed by atoms with Crippen LogP contribution in [0.15, 0.2) is 12.5 Å². The third-order valence-corrected chi connectivity index (χ3v) is 3.19. The number of hydrogen-bond donors (Lipinski definition) is 1. The van der Waals surface area contributed by atoms with Crippen LogP contribution in [0.4, 0.5) is 0 Å². The normalized spacial score (nSPS) is 16.3. The van der Waals surface area contributed by atoms with Gasteiger partial charge < -0.3 is 14.6 Å². The average molecular weight is 223 g/mol. The largest absolute Gasteiger partial charge is 0.385 e. The second kappa shape index (κ2) is 6.01. The molecule has 1 fully saturated rings. The van der Waals surface area contributed by atoms with E-state index in [4.69, 9.17) is 4.74 Å². The first-order chi connectivity index (χ1) is 7.92. The van der Waals surface area contributed by atoms with Crippen LogP contribution in [-0.4, -0.2) is 36.4 Å². The van der Waals surface area contributed by atoms with Crippen molar-refractivity contribution >= 4 is 0 Å². The fraction of sp³-hybridized carbons (Fsp3) is 0.750. The molecule has 1 N–H and O–H groups in total. The van der Waals surface area contributed by atoms with Gasteiger partial charge in [0.1, 0.15) is 0 Å². The maximum absolute atomic E-state index is 5.04. The number of aryl methyl sites for hydroxylation is 1. The molecule has 0 spiro atoms. The Labute approximate surface area is 97.0 Å². The molecule has 1 saturated heterocycles. The van der Waals surface area contributed by atoms with Crippen molar-refractivity contribution in [2.45, 2.75) is 31.7 Å². The average Bonchev–Trinajstić information content (AvgIpc) is 2.64. The number of hydrogen-bond acceptors (Lipinski definition) is 3. The van der Waals surface area contributed by atoms with E-state index in [1.165, 1.54) is 18.5 Å². The van der Waals surface area contributed by atoms with Crippen molar-refractivity contribution < 1.29 is 4.74 Å². The van der Waals surface area contributed by atoms with Crippen LogP contribution in [0.5, 0.6) is 0 Å². The van der Waals surface area contributed by atoms with Crippen molar-refractivity contribution in [1.82, 2.24) is 14.9 Å². The van der Waals surface area contributed by atoms with Gasteiger partial charge in [0.2, 0.25) is 0 Å². The number of nitrogens with zero attached hydrogens (tertiary/aromatic N) is 2. The van der Waals surface area contributed by atoms with E-state index in [1.807, 2.05) is 12.5 Å². The lowest BCUT2D eigenvalue weighted by molar-refractivity contribution is 0.191. The Balaban J connectivity index is 1.73. The molecule has 0 bridgehead atoms. The summed E-state index contributed by atoms with van der Waals surface area (Å²) in [6.07, 6.45) is 7.58. The minimum atomic E-state index is 0.682. The van der Waals surface area contributed by atoms with E-state index in [9.17, 15) is 0 Å². The first-order valence-electron chi connectivity index (χ1n) is 6.11. The molecule has 0 aromatic carbocycles. The van der Waals surface area contributed by atoms with Crippen LogP contribution < -0.4 is 5.32 Å². The molecule has 16 heavy (non-hydrogen) atoms. The quantitative estimate of drug-likeness (QED) is 0.710. The predicted molar refractivity (Wildman–Crippen MR) is 63.6 cm³/mol. The Morgan fingerprint density at radius 3 is 3.00 bits per heavy atom. The highest BCUT2D eigenvalue weighted by molar-refractivity contribution is 5.11. The molecule has 0 radical (unpaired) electrons. The summed E-state index contributed by atoms with van der Waals surface area (Å²) in [5, 5.41) is 3.30. The van der Waals surface area contributed by atoms with Gasteiger partial charge in [-0.15, -0.1) is 0 Å². The lowest BCUT2D eigenvalue weighted by atomic mass is 10.00. The monoisotopic (exact) mass is 223 g/mol. The Morgan fingerprint density at radius 1 is 1.44 bits per heavy atom. The number of unbranched alkanes of at least 4 members (excludes halogenated alkanes) is 2. The third-order valence-electron chi connectivity index (χ3n) is 3.19. The highest BCUT2D eigenvalue weighted by Crippen LogP contribution is 2.19. The van der Waals surface area contributed by atoms with E-state index in [1.54, 1.807) is 7.11 Å². The van der Waals surface area contributed by atoms with E-state index in [2.05, 4.69) is 14.9 Å². The van der Waals surface area contributed by atoms with Crippen LogP contribution in [0.3, 0.4) is 0 Å². The van der Waals surface area contributed by atoms with Gasteiger partial charge in [0, 0.05) is 51.2 Å². The molecule has 1 aromatic heterocycles. The molecule has 1 aliphatic rings. The number of aromatic nitrogens is 2.